The summed E-state index contributed by atoms with van der Waals surface area (Å²) >= 11 is 0. The van der Waals surface area contributed by atoms with Gasteiger partial charge in [-0.3, -0.25) is 19.6 Å². The second-order valence-electron chi connectivity index (χ2n) is 9.28. The third kappa shape index (κ3) is 10.1. The number of hydrazine groups is 1. The number of nitrogens with one attached hydrogen (secondary N) is 2. The Labute approximate surface area is 229 Å². The van der Waals surface area contributed by atoms with E-state index in [0.29, 0.717) is 36.5 Å². The summed E-state index contributed by atoms with van der Waals surface area (Å²) in [4.78, 5) is 32.4. The number of nitrogens with two attached hydrogens (primary N) is 2. The highest BCUT2D eigenvalue weighted by Crippen LogP contribution is 2.26. The molecule has 0 spiro atoms. The number of carbonyl (C=O) groups excluding carboxylic acids is 2. The van der Waals surface area contributed by atoms with Crippen LogP contribution in [0.25, 0.3) is 0 Å². The topological polar surface area (TPSA) is 164 Å². The lowest BCUT2D eigenvalue weighted by Crippen LogP contribution is -2.36. The number of aromatic nitrogens is 2. The summed E-state index contributed by atoms with van der Waals surface area (Å²) in [7, 11) is 0. The van der Waals surface area contributed by atoms with Gasteiger partial charge in [0.25, 0.3) is 11.8 Å². The third-order valence-corrected chi connectivity index (χ3v) is 5.79. The number of nitrogens with zero attached hydrogens (tertiary/aromatic N) is 5. The van der Waals surface area contributed by atoms with E-state index >= 15 is 0 Å². The predicted molar refractivity (Wildman–Crippen MR) is 143 cm³/mol. The Morgan fingerprint density at radius 3 is 2.60 bits per heavy atom. The van der Waals surface area contributed by atoms with Crippen LogP contribution >= 0.6 is 0 Å². The maximum atomic E-state index is 14.5. The average molecular weight is 560 g/mol. The number of amides is 2. The largest absolute Gasteiger partial charge is 0.393 e. The molecule has 2 aromatic rings. The van der Waals surface area contributed by atoms with Crippen LogP contribution in [0.3, 0.4) is 0 Å². The van der Waals surface area contributed by atoms with E-state index in [1.807, 2.05) is 0 Å². The van der Waals surface area contributed by atoms with Gasteiger partial charge >= 0.3 is 0 Å². The summed E-state index contributed by atoms with van der Waals surface area (Å²) in [5, 5.41) is 14.3. The lowest BCUT2D eigenvalue weighted by Gasteiger charge is -2.18. The molecular formula is C26H32F3N9O2. The maximum absolute atomic E-state index is 14.5. The molecule has 0 bridgehead atoms. The average Bonchev–Trinajstić information content (AvgIpc) is 2.91. The quantitative estimate of drug-likeness (QED) is 0.176. The van der Waals surface area contributed by atoms with Gasteiger partial charge in [0.05, 0.1) is 25.2 Å². The van der Waals surface area contributed by atoms with Crippen molar-refractivity contribution in [1.29, 1.82) is 0 Å². The van der Waals surface area contributed by atoms with Crippen molar-refractivity contribution in [1.82, 2.24) is 25.6 Å². The minimum absolute atomic E-state index is 0.118. The summed E-state index contributed by atoms with van der Waals surface area (Å²) in [6.45, 7) is 0.405. The first-order chi connectivity index (χ1) is 19.0. The molecule has 3 heterocycles. The van der Waals surface area contributed by atoms with E-state index in [9.17, 15) is 22.8 Å². The van der Waals surface area contributed by atoms with Gasteiger partial charge in [0.15, 0.2) is 0 Å². The van der Waals surface area contributed by atoms with E-state index in [1.165, 1.54) is 18.3 Å². The number of pyridine rings is 2. The van der Waals surface area contributed by atoms with Crippen LogP contribution in [-0.2, 0) is 28.5 Å². The van der Waals surface area contributed by atoms with Crippen LogP contribution in [0.1, 0.15) is 49.6 Å². The monoisotopic (exact) mass is 559 g/mol. The van der Waals surface area contributed by atoms with Crippen LogP contribution in [0.2, 0.25) is 0 Å². The summed E-state index contributed by atoms with van der Waals surface area (Å²) in [6, 6.07) is 7.70. The fourth-order valence-corrected chi connectivity index (χ4v) is 3.68. The van der Waals surface area contributed by atoms with Crippen molar-refractivity contribution < 1.29 is 22.8 Å². The van der Waals surface area contributed by atoms with E-state index in [-0.39, 0.29) is 48.8 Å². The molecule has 11 nitrogen and oxygen atoms in total. The smallest absolute Gasteiger partial charge is 0.270 e. The SMILES string of the molecule is CC(F)(F)c1ccnc(CNC(=O)/C(N)=C/N(N)CC(F)CCC2=NN=C(NC(=O)Cc3ccccn3)CC2)c1. The molecule has 1 aliphatic heterocycles. The molecule has 2 amide bonds. The first-order valence-electron chi connectivity index (χ1n) is 12.6. The Bertz CT molecular complexity index is 1260. The van der Waals surface area contributed by atoms with Crippen LogP contribution < -0.4 is 22.2 Å². The first-order valence-corrected chi connectivity index (χ1v) is 12.6. The van der Waals surface area contributed by atoms with Crippen LogP contribution in [0, 0.1) is 0 Å². The lowest BCUT2D eigenvalue weighted by atomic mass is 10.1. The fraction of sp³-hybridized carbons (Fsp3) is 0.385. The molecule has 3 rings (SSSR count). The van der Waals surface area contributed by atoms with Gasteiger partial charge in [0.2, 0.25) is 5.91 Å². The highest BCUT2D eigenvalue weighted by molar-refractivity contribution is 6.02. The molecule has 6 N–H and O–H groups in total. The predicted octanol–water partition coefficient (Wildman–Crippen LogP) is 2.21. The highest BCUT2D eigenvalue weighted by Gasteiger charge is 2.24. The van der Waals surface area contributed by atoms with Crippen LogP contribution in [0.15, 0.2) is 64.8 Å². The number of hydrogen-bond donors (Lipinski definition) is 4. The summed E-state index contributed by atoms with van der Waals surface area (Å²) in [5.41, 5.74) is 6.79. The molecule has 40 heavy (non-hydrogen) atoms. The van der Waals surface area contributed by atoms with Gasteiger partial charge in [-0.25, -0.2) is 19.0 Å². The summed E-state index contributed by atoms with van der Waals surface area (Å²) < 4.78 is 41.4. The highest BCUT2D eigenvalue weighted by atomic mass is 19.3. The fourth-order valence-electron chi connectivity index (χ4n) is 3.68. The molecule has 14 heteroatoms. The van der Waals surface area contributed by atoms with Gasteiger partial charge in [-0.1, -0.05) is 6.07 Å². The molecule has 0 aromatic carbocycles. The van der Waals surface area contributed by atoms with E-state index in [1.54, 1.807) is 24.4 Å². The van der Waals surface area contributed by atoms with Crippen molar-refractivity contribution in [2.75, 3.05) is 6.54 Å². The molecule has 0 radical (unpaired) electrons. The van der Waals surface area contributed by atoms with E-state index in [0.717, 1.165) is 18.1 Å². The van der Waals surface area contributed by atoms with Gasteiger partial charge < -0.3 is 21.4 Å². The zero-order chi connectivity index (χ0) is 29.1. The Morgan fingerprint density at radius 1 is 1.15 bits per heavy atom. The third-order valence-electron chi connectivity index (χ3n) is 5.79. The van der Waals surface area contributed by atoms with Crippen LogP contribution in [-0.4, -0.2) is 51.1 Å². The standard InChI is InChI=1S/C26H32F3N9O2/c1-26(28,29)17-9-11-33-21(12-17)14-34-25(40)22(30)16-38(31)15-18(27)5-6-19-7-8-23(37-36-19)35-24(39)13-20-4-2-3-10-32-20/h2-4,9-12,16,18H,5-8,13-15,30-31H2,1H3,(H,34,40)(H,35,37,39)/b22-16-. The number of hydrogen-bond acceptors (Lipinski definition) is 9. The second-order valence-corrected chi connectivity index (χ2v) is 9.28. The molecule has 1 unspecified atom stereocenters. The number of alkyl halides is 3. The molecule has 0 aliphatic carbocycles. The minimum atomic E-state index is -3.04. The first kappa shape index (κ1) is 30.2. The molecule has 214 valence electrons. The molecule has 1 atom stereocenters. The Balaban J connectivity index is 1.39. The van der Waals surface area contributed by atoms with Crippen molar-refractivity contribution in [2.45, 2.75) is 57.7 Å². The molecule has 0 saturated carbocycles. The molecule has 2 aromatic heterocycles. The van der Waals surface area contributed by atoms with Crippen LogP contribution in [0.5, 0.6) is 0 Å². The van der Waals surface area contributed by atoms with E-state index in [4.69, 9.17) is 11.6 Å². The molecule has 1 aliphatic rings. The Morgan fingerprint density at radius 2 is 1.93 bits per heavy atom. The van der Waals surface area contributed by atoms with Crippen molar-refractivity contribution in [3.63, 3.8) is 0 Å². The Kier molecular flexibility index (Phi) is 10.7. The van der Waals surface area contributed by atoms with Crippen molar-refractivity contribution in [2.24, 2.45) is 21.8 Å². The van der Waals surface area contributed by atoms with Gasteiger partial charge in [-0.05, 0) is 43.5 Å². The van der Waals surface area contributed by atoms with Crippen molar-refractivity contribution in [3.05, 3.63) is 71.6 Å². The maximum Gasteiger partial charge on any atom is 0.270 e. The minimum Gasteiger partial charge on any atom is -0.393 e. The van der Waals surface area contributed by atoms with E-state index < -0.39 is 18.0 Å². The Hall–Kier alpha value is -4.33. The lowest BCUT2D eigenvalue weighted by molar-refractivity contribution is -0.119. The molecule has 0 fully saturated rings. The van der Waals surface area contributed by atoms with Gasteiger partial charge in [0, 0.05) is 48.9 Å². The summed E-state index contributed by atoms with van der Waals surface area (Å²) in [6.07, 6.45) is 4.18. The second kappa shape index (κ2) is 14.2. The summed E-state index contributed by atoms with van der Waals surface area (Å²) in [5.74, 6) is 2.24. The number of amidine groups is 1. The van der Waals surface area contributed by atoms with Gasteiger partial charge in [0.1, 0.15) is 17.7 Å². The van der Waals surface area contributed by atoms with E-state index in [2.05, 4.69) is 30.8 Å². The molecule has 0 saturated heterocycles. The number of rotatable bonds is 12. The van der Waals surface area contributed by atoms with Crippen LogP contribution in [0.4, 0.5) is 13.2 Å². The number of carbonyl (C=O) groups is 2. The molecular weight excluding hydrogens is 527 g/mol. The van der Waals surface area contributed by atoms with Crippen molar-refractivity contribution >= 4 is 23.4 Å². The van der Waals surface area contributed by atoms with Gasteiger partial charge in [-0.15, -0.1) is 5.10 Å². The zero-order valence-electron chi connectivity index (χ0n) is 22.0. The van der Waals surface area contributed by atoms with Gasteiger partial charge in [-0.2, -0.15) is 5.10 Å². The number of halogens is 3. The zero-order valence-corrected chi connectivity index (χ0v) is 22.0. The normalized spacial score (nSPS) is 14.6. The van der Waals surface area contributed by atoms with Crippen molar-refractivity contribution in [3.8, 4) is 0 Å².